The summed E-state index contributed by atoms with van der Waals surface area (Å²) >= 11 is -5.06. The topological polar surface area (TPSA) is 78.8 Å². The monoisotopic (exact) mass is 994 g/mol. The van der Waals surface area contributed by atoms with E-state index in [4.69, 9.17) is 26.5 Å². The van der Waals surface area contributed by atoms with Crippen molar-refractivity contribution >= 4 is 44.3 Å². The molecule has 8 heteroatoms. The fraction of sp³-hybridized carbons (Fsp3) is 0.510. The molecule has 0 atom stereocenters. The Balaban J connectivity index is 0.000000218. The van der Waals surface area contributed by atoms with Crippen molar-refractivity contribution in [3.63, 3.8) is 0 Å². The van der Waals surface area contributed by atoms with Crippen LogP contribution in [-0.2, 0) is 0 Å². The SMILES string of the molecule is CCC[CH2][Sn]([CH2]CCC)([CH2]CCC)[c]1ccc(-c2ccc(-c3ccc(C)o3)o2)o1.CCC[CH2][Sn]([CH2]CCC)([CH2]CCC)[c]1ccc(-c2ccc(-c3ccco3)o2)o1. The minimum absolute atomic E-state index is 0.746. The fourth-order valence-corrected chi connectivity index (χ4v) is 38.8. The minimum atomic E-state index is -2.54. The Morgan fingerprint density at radius 2 is 0.667 bits per heavy atom. The summed E-state index contributed by atoms with van der Waals surface area (Å²) in [4.78, 5) is 0. The van der Waals surface area contributed by atoms with Crippen LogP contribution in [0.15, 0.2) is 106 Å². The van der Waals surface area contributed by atoms with Crippen LogP contribution in [0.25, 0.3) is 46.1 Å². The van der Waals surface area contributed by atoms with Crippen molar-refractivity contribution in [3.8, 4) is 46.1 Å². The van der Waals surface area contributed by atoms with Crippen LogP contribution in [0.1, 0.15) is 124 Å². The number of furan rings is 6. The molecule has 6 rings (SSSR count). The number of unbranched alkanes of at least 4 members (excludes halogenated alkanes) is 6. The van der Waals surface area contributed by atoms with Crippen LogP contribution in [0.2, 0.25) is 26.6 Å². The van der Waals surface area contributed by atoms with Crippen molar-refractivity contribution in [2.24, 2.45) is 0 Å². The van der Waals surface area contributed by atoms with Gasteiger partial charge in [-0.2, -0.15) is 0 Å². The van der Waals surface area contributed by atoms with Gasteiger partial charge in [-0.25, -0.2) is 0 Å². The van der Waals surface area contributed by atoms with Gasteiger partial charge < -0.3 is 0 Å². The second-order valence-corrected chi connectivity index (χ2v) is 42.2. The van der Waals surface area contributed by atoms with Crippen molar-refractivity contribution < 1.29 is 26.5 Å². The molecule has 0 aliphatic rings. The molecule has 0 amide bonds. The first-order valence-electron chi connectivity index (χ1n) is 22.4. The number of aryl methyl sites for hydroxylation is 1. The van der Waals surface area contributed by atoms with Crippen molar-refractivity contribution in [1.29, 1.82) is 0 Å². The van der Waals surface area contributed by atoms with E-state index in [9.17, 15) is 0 Å². The maximum atomic E-state index is 6.55. The Labute approximate surface area is 351 Å². The second-order valence-electron chi connectivity index (χ2n) is 16.2. The third kappa shape index (κ3) is 12.2. The molecule has 0 unspecified atom stereocenters. The van der Waals surface area contributed by atoms with Crippen molar-refractivity contribution in [2.75, 3.05) is 0 Å². The molecule has 6 aromatic heterocycles. The average molecular weight is 993 g/mol. The first-order valence-corrected chi connectivity index (χ1v) is 37.3. The standard InChI is InChI=1S/C13H9O3.C12H7O3.6C4H9.2Sn/c1-9-4-5-12(15-9)13-7-6-11(16-13)10-3-2-8-14-10;1-3-9(13-7-1)11-5-6-12(15-11)10-4-2-8-14-10;6*1-3-4-2;;/h2-7H,1H3;1-7H;6*1,3-4H2,2H3;;. The Morgan fingerprint density at radius 1 is 0.351 bits per heavy atom. The Hall–Kier alpha value is -2.72. The summed E-state index contributed by atoms with van der Waals surface area (Å²) in [6.07, 6.45) is 17.3. The van der Waals surface area contributed by atoms with Gasteiger partial charge in [0.1, 0.15) is 0 Å². The van der Waals surface area contributed by atoms with Gasteiger partial charge in [0, 0.05) is 0 Å². The molecule has 6 nitrogen and oxygen atoms in total. The van der Waals surface area contributed by atoms with Gasteiger partial charge in [-0.15, -0.1) is 0 Å². The predicted molar refractivity (Wildman–Crippen MR) is 242 cm³/mol. The molecule has 0 aliphatic heterocycles. The van der Waals surface area contributed by atoms with Crippen LogP contribution in [0.4, 0.5) is 0 Å². The zero-order valence-electron chi connectivity index (χ0n) is 36.2. The van der Waals surface area contributed by atoms with E-state index >= 15 is 0 Å². The van der Waals surface area contributed by atoms with E-state index < -0.39 is 36.8 Å². The van der Waals surface area contributed by atoms with E-state index in [0.29, 0.717) is 0 Å². The van der Waals surface area contributed by atoms with Gasteiger partial charge in [0.2, 0.25) is 0 Å². The van der Waals surface area contributed by atoms with Crippen LogP contribution >= 0.6 is 0 Å². The summed E-state index contributed by atoms with van der Waals surface area (Å²) in [5, 5.41) is 0. The van der Waals surface area contributed by atoms with Crippen molar-refractivity contribution in [2.45, 2.75) is 152 Å². The molecule has 6 heterocycles. The molecule has 0 fully saturated rings. The number of hydrogen-bond acceptors (Lipinski definition) is 6. The molecule has 0 aromatic carbocycles. The molecule has 0 radical (unpaired) electrons. The van der Waals surface area contributed by atoms with E-state index in [1.807, 2.05) is 55.5 Å². The summed E-state index contributed by atoms with van der Waals surface area (Å²) in [5.41, 5.74) is 0. The van der Waals surface area contributed by atoms with Gasteiger partial charge in [-0.3, -0.25) is 0 Å². The Kier molecular flexibility index (Phi) is 18.4. The molecule has 0 aliphatic carbocycles. The second kappa shape index (κ2) is 23.2. The van der Waals surface area contributed by atoms with E-state index in [-0.39, 0.29) is 0 Å². The third-order valence-electron chi connectivity index (χ3n) is 11.8. The quantitative estimate of drug-likeness (QED) is 0.0562. The first kappa shape index (κ1) is 45.4. The van der Waals surface area contributed by atoms with E-state index in [2.05, 4.69) is 65.8 Å². The zero-order valence-corrected chi connectivity index (χ0v) is 41.9. The first-order chi connectivity index (χ1) is 27.8. The van der Waals surface area contributed by atoms with Crippen molar-refractivity contribution in [1.82, 2.24) is 0 Å². The Bertz CT molecular complexity index is 1920. The summed E-state index contributed by atoms with van der Waals surface area (Å²) in [5.74, 6) is 7.21. The maximum absolute atomic E-state index is 6.55. The molecular weight excluding hydrogens is 922 g/mol. The van der Waals surface area contributed by atoms with Crippen LogP contribution < -0.4 is 7.55 Å². The molecule has 6 aromatic rings. The van der Waals surface area contributed by atoms with E-state index in [1.54, 1.807) is 6.26 Å². The molecule has 0 saturated heterocycles. The van der Waals surface area contributed by atoms with Gasteiger partial charge >= 0.3 is 354 Å². The molecule has 57 heavy (non-hydrogen) atoms. The molecular formula is C49H70O6Sn2. The van der Waals surface area contributed by atoms with Gasteiger partial charge in [0.15, 0.2) is 0 Å². The Morgan fingerprint density at radius 3 is 0.982 bits per heavy atom. The van der Waals surface area contributed by atoms with E-state index in [1.165, 1.54) is 111 Å². The van der Waals surface area contributed by atoms with Crippen LogP contribution in [0.3, 0.4) is 0 Å². The van der Waals surface area contributed by atoms with Crippen LogP contribution in [-0.4, -0.2) is 36.8 Å². The summed E-state index contributed by atoms with van der Waals surface area (Å²) in [7, 11) is 0. The molecule has 0 spiro atoms. The normalized spacial score (nSPS) is 12.0. The fourth-order valence-electron chi connectivity index (χ4n) is 8.28. The van der Waals surface area contributed by atoms with Crippen LogP contribution in [0, 0.1) is 6.92 Å². The average Bonchev–Trinajstić information content (AvgIpc) is 4.08. The molecule has 0 saturated carbocycles. The summed E-state index contributed by atoms with van der Waals surface area (Å²) in [6, 6.07) is 24.4. The summed E-state index contributed by atoms with van der Waals surface area (Å²) < 4.78 is 47.5. The zero-order chi connectivity index (χ0) is 40.5. The number of rotatable bonds is 24. The van der Waals surface area contributed by atoms with Gasteiger partial charge in [0.05, 0.1) is 0 Å². The molecule has 0 N–H and O–H groups in total. The van der Waals surface area contributed by atoms with E-state index in [0.717, 1.165) is 51.8 Å². The molecule has 310 valence electrons. The van der Waals surface area contributed by atoms with Crippen molar-refractivity contribution in [3.05, 3.63) is 84.8 Å². The molecule has 0 bridgehead atoms. The van der Waals surface area contributed by atoms with Gasteiger partial charge in [-0.05, 0) is 0 Å². The van der Waals surface area contributed by atoms with Crippen LogP contribution in [0.5, 0.6) is 0 Å². The van der Waals surface area contributed by atoms with Gasteiger partial charge in [0.25, 0.3) is 0 Å². The predicted octanol–water partition coefficient (Wildman–Crippen LogP) is 16.0. The third-order valence-corrected chi connectivity index (χ3v) is 41.7. The summed E-state index contributed by atoms with van der Waals surface area (Å²) in [6.45, 7) is 15.8. The number of hydrogen-bond donors (Lipinski definition) is 0. The van der Waals surface area contributed by atoms with Gasteiger partial charge in [-0.1, -0.05) is 0 Å².